The fourth-order valence-corrected chi connectivity index (χ4v) is 2.29. The molecule has 0 aliphatic heterocycles. The van der Waals surface area contributed by atoms with E-state index in [2.05, 4.69) is 20.8 Å². The van der Waals surface area contributed by atoms with Gasteiger partial charge in [-0.1, -0.05) is 24.6 Å². The molecule has 0 fully saturated rings. The van der Waals surface area contributed by atoms with Crippen LogP contribution >= 0.6 is 11.8 Å². The second-order valence-corrected chi connectivity index (χ2v) is 4.84. The van der Waals surface area contributed by atoms with Crippen molar-refractivity contribution in [2.45, 2.75) is 37.4 Å². The number of nitrogens with one attached hydrogen (secondary N) is 1. The number of hydrogen-bond acceptors (Lipinski definition) is 6. The quantitative estimate of drug-likeness (QED) is 0.472. The molecule has 0 radical (unpaired) electrons. The molecule has 1 heterocycles. The summed E-state index contributed by atoms with van der Waals surface area (Å²) in [6.45, 7) is 1.97. The van der Waals surface area contributed by atoms with Gasteiger partial charge in [-0.05, 0) is 30.3 Å². The minimum atomic E-state index is 0.301. The van der Waals surface area contributed by atoms with Gasteiger partial charge >= 0.3 is 0 Å². The van der Waals surface area contributed by atoms with Gasteiger partial charge in [-0.3, -0.25) is 0 Å². The number of rotatable bonds is 10. The van der Waals surface area contributed by atoms with Gasteiger partial charge < -0.3 is 10.4 Å². The topological polar surface area (TPSA) is 75.9 Å². The Labute approximate surface area is 106 Å². The lowest BCUT2D eigenvalue weighted by Crippen LogP contribution is -2.16. The second-order valence-electron chi connectivity index (χ2n) is 3.77. The van der Waals surface area contributed by atoms with Crippen LogP contribution in [0.15, 0.2) is 5.16 Å². The fraction of sp³-hybridized carbons (Fsp3) is 0.900. The van der Waals surface area contributed by atoms with E-state index in [1.54, 1.807) is 11.8 Å². The highest BCUT2D eigenvalue weighted by Crippen LogP contribution is 2.16. The highest BCUT2D eigenvalue weighted by atomic mass is 32.2. The van der Waals surface area contributed by atoms with Gasteiger partial charge in [0.15, 0.2) is 0 Å². The Morgan fingerprint density at radius 1 is 1.29 bits per heavy atom. The largest absolute Gasteiger partial charge is 0.396 e. The van der Waals surface area contributed by atoms with Crippen LogP contribution in [-0.4, -0.2) is 51.3 Å². The number of unbranched alkanes of at least 4 members (excludes halogenated alkanes) is 3. The molecule has 0 aliphatic rings. The van der Waals surface area contributed by atoms with Gasteiger partial charge in [0.1, 0.15) is 0 Å². The predicted molar refractivity (Wildman–Crippen MR) is 68.0 cm³/mol. The third-order valence-corrected chi connectivity index (χ3v) is 3.40. The molecule has 17 heavy (non-hydrogen) atoms. The average Bonchev–Trinajstić information content (AvgIpc) is 2.78. The molecule has 0 aliphatic carbocycles. The molecule has 1 rings (SSSR count). The number of aliphatic hydroxyl groups excluding tert-OH is 1. The fourth-order valence-electron chi connectivity index (χ4n) is 1.39. The van der Waals surface area contributed by atoms with Crippen LogP contribution in [0, 0.1) is 0 Å². The van der Waals surface area contributed by atoms with Crippen molar-refractivity contribution in [3.05, 3.63) is 0 Å². The summed E-state index contributed by atoms with van der Waals surface area (Å²) >= 11 is 1.70. The molecule has 7 heteroatoms. The molecular weight excluding hydrogens is 238 g/mol. The molecule has 0 unspecified atom stereocenters. The zero-order chi connectivity index (χ0) is 12.3. The maximum absolute atomic E-state index is 8.65. The second kappa shape index (κ2) is 9.38. The van der Waals surface area contributed by atoms with Gasteiger partial charge in [0.05, 0.1) is 6.54 Å². The van der Waals surface area contributed by atoms with Gasteiger partial charge in [0.25, 0.3) is 0 Å². The summed E-state index contributed by atoms with van der Waals surface area (Å²) in [5, 5.41) is 24.2. The molecule has 2 N–H and O–H groups in total. The molecule has 0 spiro atoms. The van der Waals surface area contributed by atoms with Gasteiger partial charge in [-0.25, -0.2) is 4.68 Å². The highest BCUT2D eigenvalue weighted by molar-refractivity contribution is 7.99. The average molecular weight is 259 g/mol. The Bertz CT molecular complexity index is 294. The van der Waals surface area contributed by atoms with Crippen LogP contribution < -0.4 is 5.32 Å². The molecule has 0 atom stereocenters. The first-order chi connectivity index (χ1) is 8.38. The summed E-state index contributed by atoms with van der Waals surface area (Å²) in [5.74, 6) is 1.03. The smallest absolute Gasteiger partial charge is 0.209 e. The van der Waals surface area contributed by atoms with Crippen LogP contribution in [0.4, 0.5) is 0 Å². The Morgan fingerprint density at radius 3 is 2.88 bits per heavy atom. The van der Waals surface area contributed by atoms with Gasteiger partial charge in [-0.2, -0.15) is 0 Å². The van der Waals surface area contributed by atoms with Crippen molar-refractivity contribution in [3.8, 4) is 0 Å². The van der Waals surface area contributed by atoms with E-state index in [0.29, 0.717) is 6.61 Å². The number of aromatic nitrogens is 4. The molecule has 6 nitrogen and oxygen atoms in total. The van der Waals surface area contributed by atoms with Crippen molar-refractivity contribution in [1.29, 1.82) is 0 Å². The highest BCUT2D eigenvalue weighted by Gasteiger charge is 2.05. The molecule has 0 aromatic carbocycles. The molecule has 0 bridgehead atoms. The van der Waals surface area contributed by atoms with E-state index in [4.69, 9.17) is 5.11 Å². The first-order valence-electron chi connectivity index (χ1n) is 6.03. The van der Waals surface area contributed by atoms with Gasteiger partial charge in [0.2, 0.25) is 5.16 Å². The number of aliphatic hydroxyl groups is 1. The third kappa shape index (κ3) is 5.99. The summed E-state index contributed by atoms with van der Waals surface area (Å²) in [6.07, 6.45) is 4.31. The van der Waals surface area contributed by atoms with Crippen LogP contribution in [0.2, 0.25) is 0 Å². The number of tetrazole rings is 1. The van der Waals surface area contributed by atoms with Crippen LogP contribution in [0.1, 0.15) is 25.7 Å². The van der Waals surface area contributed by atoms with E-state index < -0.39 is 0 Å². The normalized spacial score (nSPS) is 10.9. The summed E-state index contributed by atoms with van der Waals surface area (Å²) in [5.41, 5.74) is 0. The van der Waals surface area contributed by atoms with Crippen LogP contribution in [0.5, 0.6) is 0 Å². The summed E-state index contributed by atoms with van der Waals surface area (Å²) in [7, 11) is 1.92. The summed E-state index contributed by atoms with van der Waals surface area (Å²) in [4.78, 5) is 0. The van der Waals surface area contributed by atoms with Crippen LogP contribution in [0.3, 0.4) is 0 Å². The Kier molecular flexibility index (Phi) is 7.94. The number of likely N-dealkylation sites (N-methyl/N-ethyl adjacent to an activating group) is 1. The molecule has 1 aromatic rings. The van der Waals surface area contributed by atoms with Crippen molar-refractivity contribution >= 4 is 11.8 Å². The zero-order valence-electron chi connectivity index (χ0n) is 10.3. The maximum Gasteiger partial charge on any atom is 0.209 e. The third-order valence-electron chi connectivity index (χ3n) is 2.36. The molecule has 0 saturated carbocycles. The van der Waals surface area contributed by atoms with E-state index >= 15 is 0 Å². The van der Waals surface area contributed by atoms with Gasteiger partial charge in [-0.15, -0.1) is 5.10 Å². The number of hydrogen-bond donors (Lipinski definition) is 2. The lowest BCUT2D eigenvalue weighted by atomic mass is 10.2. The lowest BCUT2D eigenvalue weighted by molar-refractivity contribution is 0.283. The van der Waals surface area contributed by atoms with E-state index in [1.807, 2.05) is 11.7 Å². The van der Waals surface area contributed by atoms with E-state index in [9.17, 15) is 0 Å². The van der Waals surface area contributed by atoms with Crippen molar-refractivity contribution < 1.29 is 5.11 Å². The SMILES string of the molecule is CNCCn1nnnc1SCCCCCCO. The van der Waals surface area contributed by atoms with Crippen LogP contribution in [0.25, 0.3) is 0 Å². The van der Waals surface area contributed by atoms with Crippen molar-refractivity contribution in [2.75, 3.05) is 26.0 Å². The molecule has 98 valence electrons. The van der Waals surface area contributed by atoms with Crippen molar-refractivity contribution in [1.82, 2.24) is 25.5 Å². The maximum atomic E-state index is 8.65. The van der Waals surface area contributed by atoms with Gasteiger partial charge in [0, 0.05) is 18.9 Å². The van der Waals surface area contributed by atoms with Crippen molar-refractivity contribution in [3.63, 3.8) is 0 Å². The van der Waals surface area contributed by atoms with Crippen LogP contribution in [-0.2, 0) is 6.54 Å². The molecule has 1 aromatic heterocycles. The molecule has 0 amide bonds. The summed E-state index contributed by atoms with van der Waals surface area (Å²) < 4.78 is 1.83. The lowest BCUT2D eigenvalue weighted by Gasteiger charge is -2.03. The first kappa shape index (κ1) is 14.4. The van der Waals surface area contributed by atoms with E-state index in [1.165, 1.54) is 0 Å². The van der Waals surface area contributed by atoms with E-state index in [-0.39, 0.29) is 0 Å². The molecule has 0 saturated heterocycles. The minimum Gasteiger partial charge on any atom is -0.396 e. The Hall–Kier alpha value is -0.660. The molecular formula is C10H21N5OS. The van der Waals surface area contributed by atoms with Crippen molar-refractivity contribution in [2.24, 2.45) is 0 Å². The zero-order valence-corrected chi connectivity index (χ0v) is 11.1. The Morgan fingerprint density at radius 2 is 2.12 bits per heavy atom. The standard InChI is InChI=1S/C10H21N5OS/c1-11-6-7-15-10(12-13-14-15)17-9-5-3-2-4-8-16/h11,16H,2-9H2,1H3. The Balaban J connectivity index is 2.15. The minimum absolute atomic E-state index is 0.301. The summed E-state index contributed by atoms with van der Waals surface area (Å²) in [6, 6.07) is 0. The number of thioether (sulfide) groups is 1. The predicted octanol–water partition coefficient (Wildman–Crippen LogP) is 0.537. The monoisotopic (exact) mass is 259 g/mol. The van der Waals surface area contributed by atoms with E-state index in [0.717, 1.165) is 49.7 Å². The first-order valence-corrected chi connectivity index (χ1v) is 7.01. The number of nitrogens with zero attached hydrogens (tertiary/aromatic N) is 4.